The molecule has 0 saturated carbocycles. The highest BCUT2D eigenvalue weighted by molar-refractivity contribution is 5.93. The number of carbonyl (C=O) groups excluding carboxylic acids is 1. The summed E-state index contributed by atoms with van der Waals surface area (Å²) < 4.78 is 0. The second kappa shape index (κ2) is 10.0. The summed E-state index contributed by atoms with van der Waals surface area (Å²) in [5.74, 6) is 0.0358. The number of carbonyl (C=O) groups is 1. The van der Waals surface area contributed by atoms with Crippen molar-refractivity contribution in [1.29, 1.82) is 0 Å². The van der Waals surface area contributed by atoms with E-state index in [0.717, 1.165) is 18.5 Å². The number of nitrogens with two attached hydrogens (primary N) is 1. The molecule has 0 aromatic heterocycles. The number of anilines is 1. The number of rotatable bonds is 8. The van der Waals surface area contributed by atoms with Crippen LogP contribution in [0.3, 0.4) is 0 Å². The lowest BCUT2D eigenvalue weighted by Gasteiger charge is -2.18. The molecule has 3 nitrogen and oxygen atoms in total. The highest BCUT2D eigenvalue weighted by Crippen LogP contribution is 2.22. The predicted octanol–water partition coefficient (Wildman–Crippen LogP) is 4.41. The molecule has 0 aliphatic heterocycles. The maximum absolute atomic E-state index is 12.8. The number of amides is 1. The quantitative estimate of drug-likeness (QED) is 0.591. The van der Waals surface area contributed by atoms with Gasteiger partial charge in [-0.25, -0.2) is 0 Å². The maximum atomic E-state index is 12.8. The van der Waals surface area contributed by atoms with E-state index < -0.39 is 0 Å². The van der Waals surface area contributed by atoms with E-state index in [1.807, 2.05) is 6.07 Å². The summed E-state index contributed by atoms with van der Waals surface area (Å²) in [6.45, 7) is 6.71. The van der Waals surface area contributed by atoms with Gasteiger partial charge in [0.15, 0.2) is 6.54 Å². The summed E-state index contributed by atoms with van der Waals surface area (Å²) >= 11 is 0. The third kappa shape index (κ3) is 5.33. The minimum atomic E-state index is 0.0358. The molecular weight excluding hydrogens is 356 g/mol. The molecule has 0 heterocycles. The van der Waals surface area contributed by atoms with Crippen LogP contribution in [0.25, 0.3) is 0 Å². The van der Waals surface area contributed by atoms with E-state index >= 15 is 0 Å². The van der Waals surface area contributed by atoms with Crippen molar-refractivity contribution in [3.63, 3.8) is 0 Å². The number of quaternary nitrogens is 1. The molecule has 0 saturated heterocycles. The highest BCUT2D eigenvalue weighted by Gasteiger charge is 2.19. The zero-order chi connectivity index (χ0) is 20.6. The van der Waals surface area contributed by atoms with Crippen LogP contribution >= 0.6 is 0 Å². The molecule has 0 radical (unpaired) electrons. The van der Waals surface area contributed by atoms with Gasteiger partial charge >= 0.3 is 0 Å². The number of para-hydroxylation sites is 1. The SMILES string of the molecule is CCc1cccc(CC)c1NC(=O)C[NH2+][C@@H](c1ccccc1)c1ccc(C)cc1. The predicted molar refractivity (Wildman–Crippen MR) is 120 cm³/mol. The van der Waals surface area contributed by atoms with Crippen LogP contribution in [0.2, 0.25) is 0 Å². The molecule has 0 unspecified atom stereocenters. The first-order valence-electron chi connectivity index (χ1n) is 10.5. The Bertz CT molecular complexity index is 910. The number of aryl methyl sites for hydroxylation is 3. The second-order valence-corrected chi connectivity index (χ2v) is 7.45. The maximum Gasteiger partial charge on any atom is 0.279 e. The normalized spacial score (nSPS) is 11.8. The van der Waals surface area contributed by atoms with Crippen LogP contribution < -0.4 is 10.6 Å². The molecule has 3 N–H and O–H groups in total. The van der Waals surface area contributed by atoms with Gasteiger partial charge < -0.3 is 10.6 Å². The molecule has 3 aromatic rings. The van der Waals surface area contributed by atoms with Crippen LogP contribution in [0.5, 0.6) is 0 Å². The molecule has 0 aliphatic rings. The summed E-state index contributed by atoms with van der Waals surface area (Å²) in [5, 5.41) is 5.30. The van der Waals surface area contributed by atoms with Gasteiger partial charge in [0.2, 0.25) is 0 Å². The Morgan fingerprint density at radius 3 is 2.00 bits per heavy atom. The molecule has 3 aromatic carbocycles. The number of hydrogen-bond acceptors (Lipinski definition) is 1. The smallest absolute Gasteiger partial charge is 0.279 e. The van der Waals surface area contributed by atoms with E-state index in [2.05, 4.69) is 98.1 Å². The molecule has 3 heteroatoms. The van der Waals surface area contributed by atoms with Gasteiger partial charge in [-0.3, -0.25) is 4.79 Å². The van der Waals surface area contributed by atoms with Gasteiger partial charge in [0.05, 0.1) is 0 Å². The average molecular weight is 388 g/mol. The van der Waals surface area contributed by atoms with Gasteiger partial charge in [-0.1, -0.05) is 92.2 Å². The first-order chi connectivity index (χ1) is 14.1. The standard InChI is InChI=1S/C26H30N2O/c1-4-20-12-9-13-21(5-2)26(20)28-24(29)18-27-25(22-10-7-6-8-11-22)23-16-14-19(3)15-17-23/h6-17,25,27H,4-5,18H2,1-3H3,(H,28,29)/p+1/t25-/m0/s1. The van der Waals surface area contributed by atoms with Crippen LogP contribution in [-0.2, 0) is 17.6 Å². The van der Waals surface area contributed by atoms with E-state index in [1.54, 1.807) is 0 Å². The molecule has 0 bridgehead atoms. The fraction of sp³-hybridized carbons (Fsp3) is 0.269. The van der Waals surface area contributed by atoms with Crippen LogP contribution in [0, 0.1) is 6.92 Å². The topological polar surface area (TPSA) is 45.7 Å². The lowest BCUT2D eigenvalue weighted by molar-refractivity contribution is -0.676. The second-order valence-electron chi connectivity index (χ2n) is 7.45. The van der Waals surface area contributed by atoms with Crippen molar-refractivity contribution >= 4 is 11.6 Å². The van der Waals surface area contributed by atoms with Crippen LogP contribution in [0.1, 0.15) is 47.7 Å². The summed E-state index contributed by atoms with van der Waals surface area (Å²) in [4.78, 5) is 12.8. The largest absolute Gasteiger partial charge is 0.328 e. The Balaban J connectivity index is 1.76. The van der Waals surface area contributed by atoms with Crippen LogP contribution in [0.15, 0.2) is 72.8 Å². The summed E-state index contributed by atoms with van der Waals surface area (Å²) in [7, 11) is 0. The summed E-state index contributed by atoms with van der Waals surface area (Å²) in [5.41, 5.74) is 7.01. The monoisotopic (exact) mass is 387 g/mol. The van der Waals surface area contributed by atoms with Crippen molar-refractivity contribution in [2.24, 2.45) is 0 Å². The minimum Gasteiger partial charge on any atom is -0.328 e. The van der Waals surface area contributed by atoms with Gasteiger partial charge in [0.1, 0.15) is 6.04 Å². The average Bonchev–Trinajstić information content (AvgIpc) is 2.76. The minimum absolute atomic E-state index is 0.0358. The molecule has 150 valence electrons. The lowest BCUT2D eigenvalue weighted by Crippen LogP contribution is -2.87. The number of nitrogens with one attached hydrogen (secondary N) is 1. The van der Waals surface area contributed by atoms with Crippen molar-refractivity contribution in [2.45, 2.75) is 39.7 Å². The fourth-order valence-corrected chi connectivity index (χ4v) is 3.72. The molecule has 29 heavy (non-hydrogen) atoms. The van der Waals surface area contributed by atoms with Crippen molar-refractivity contribution in [3.05, 3.63) is 101 Å². The van der Waals surface area contributed by atoms with E-state index in [-0.39, 0.29) is 11.9 Å². The summed E-state index contributed by atoms with van der Waals surface area (Å²) in [6, 6.07) is 25.3. The zero-order valence-corrected chi connectivity index (χ0v) is 17.6. The zero-order valence-electron chi connectivity index (χ0n) is 17.6. The van der Waals surface area contributed by atoms with Gasteiger partial charge in [-0.2, -0.15) is 0 Å². The van der Waals surface area contributed by atoms with Crippen LogP contribution in [-0.4, -0.2) is 12.5 Å². The molecule has 1 amide bonds. The lowest BCUT2D eigenvalue weighted by atomic mass is 9.98. The van der Waals surface area contributed by atoms with Crippen LogP contribution in [0.4, 0.5) is 5.69 Å². The fourth-order valence-electron chi connectivity index (χ4n) is 3.72. The molecule has 1 atom stereocenters. The Morgan fingerprint density at radius 1 is 0.828 bits per heavy atom. The van der Waals surface area contributed by atoms with E-state index in [4.69, 9.17) is 0 Å². The molecule has 0 fully saturated rings. The molecule has 0 aliphatic carbocycles. The van der Waals surface area contributed by atoms with E-state index in [1.165, 1.54) is 27.8 Å². The number of hydrogen-bond donors (Lipinski definition) is 2. The van der Waals surface area contributed by atoms with Gasteiger partial charge in [-0.05, 0) is 30.9 Å². The van der Waals surface area contributed by atoms with Crippen molar-refractivity contribution in [1.82, 2.24) is 0 Å². The van der Waals surface area contributed by atoms with Gasteiger partial charge in [-0.15, -0.1) is 0 Å². The molecular formula is C26H31N2O+. The van der Waals surface area contributed by atoms with E-state index in [0.29, 0.717) is 6.54 Å². The van der Waals surface area contributed by atoms with Gasteiger partial charge in [0.25, 0.3) is 5.91 Å². The number of benzene rings is 3. The first-order valence-corrected chi connectivity index (χ1v) is 10.5. The Kier molecular flexibility index (Phi) is 7.20. The first kappa shape index (κ1) is 20.8. The third-order valence-electron chi connectivity index (χ3n) is 5.40. The molecule has 3 rings (SSSR count). The van der Waals surface area contributed by atoms with Crippen molar-refractivity contribution < 1.29 is 10.1 Å². The third-order valence-corrected chi connectivity index (χ3v) is 5.40. The van der Waals surface area contributed by atoms with Gasteiger partial charge in [0, 0.05) is 16.8 Å². The molecule has 0 spiro atoms. The Labute approximate surface area is 174 Å². The van der Waals surface area contributed by atoms with Crippen molar-refractivity contribution in [2.75, 3.05) is 11.9 Å². The summed E-state index contributed by atoms with van der Waals surface area (Å²) in [6.07, 6.45) is 1.81. The Morgan fingerprint density at radius 2 is 1.41 bits per heavy atom. The van der Waals surface area contributed by atoms with Crippen molar-refractivity contribution in [3.8, 4) is 0 Å². The van der Waals surface area contributed by atoms with E-state index in [9.17, 15) is 4.79 Å². The highest BCUT2D eigenvalue weighted by atomic mass is 16.1. The Hall–Kier alpha value is -2.91.